The molecule has 1 aliphatic rings. The first-order valence-electron chi connectivity index (χ1n) is 6.25. The van der Waals surface area contributed by atoms with E-state index in [1.165, 1.54) is 11.3 Å². The Kier molecular flexibility index (Phi) is 3.53. The van der Waals surface area contributed by atoms with Crippen molar-refractivity contribution < 1.29 is 14.3 Å². The maximum atomic E-state index is 11.9. The number of aryl methyl sites for hydroxylation is 1. The molecule has 5 nitrogen and oxygen atoms in total. The van der Waals surface area contributed by atoms with E-state index < -0.39 is 5.97 Å². The van der Waals surface area contributed by atoms with Crippen molar-refractivity contribution in [2.24, 2.45) is 4.99 Å². The Morgan fingerprint density at radius 2 is 2.14 bits per heavy atom. The minimum atomic E-state index is -0.469. The van der Waals surface area contributed by atoms with Gasteiger partial charge >= 0.3 is 5.97 Å². The van der Waals surface area contributed by atoms with Crippen molar-refractivity contribution in [1.82, 2.24) is 4.98 Å². The summed E-state index contributed by atoms with van der Waals surface area (Å²) in [6.07, 6.45) is 1.69. The summed E-state index contributed by atoms with van der Waals surface area (Å²) in [5.41, 5.74) is 3.51. The van der Waals surface area contributed by atoms with Crippen LogP contribution in [0.15, 0.2) is 40.5 Å². The first-order chi connectivity index (χ1) is 10.2. The molecule has 1 aromatic carbocycles. The Balaban J connectivity index is 1.99. The highest BCUT2D eigenvalue weighted by Gasteiger charge is 2.26. The van der Waals surface area contributed by atoms with Crippen molar-refractivity contribution >= 4 is 29.3 Å². The molecule has 2 aromatic rings. The Labute approximate surface area is 125 Å². The van der Waals surface area contributed by atoms with E-state index in [0.29, 0.717) is 11.3 Å². The van der Waals surface area contributed by atoms with Crippen LogP contribution in [-0.4, -0.2) is 24.0 Å². The largest absolute Gasteiger partial charge is 0.496 e. The molecule has 1 aliphatic heterocycles. The van der Waals surface area contributed by atoms with Gasteiger partial charge in [0.2, 0.25) is 5.90 Å². The molecule has 106 valence electrons. The van der Waals surface area contributed by atoms with Gasteiger partial charge in [0, 0.05) is 0 Å². The smallest absolute Gasteiger partial charge is 0.363 e. The third-order valence-corrected chi connectivity index (χ3v) is 3.89. The number of esters is 1. The Bertz CT molecular complexity index is 762. The second-order valence-electron chi connectivity index (χ2n) is 4.34. The highest BCUT2D eigenvalue weighted by Crippen LogP contribution is 2.26. The molecule has 0 saturated carbocycles. The summed E-state index contributed by atoms with van der Waals surface area (Å²) < 4.78 is 10.5. The van der Waals surface area contributed by atoms with Gasteiger partial charge < -0.3 is 9.47 Å². The van der Waals surface area contributed by atoms with Gasteiger partial charge in [0.1, 0.15) is 5.75 Å². The van der Waals surface area contributed by atoms with E-state index in [9.17, 15) is 4.79 Å². The fraction of sp³-hybridized carbons (Fsp3) is 0.133. The Hall–Kier alpha value is -2.47. The van der Waals surface area contributed by atoms with Crippen LogP contribution in [0.25, 0.3) is 6.08 Å². The third-order valence-electron chi connectivity index (χ3n) is 3.01. The quantitative estimate of drug-likeness (QED) is 0.646. The second kappa shape index (κ2) is 5.49. The lowest BCUT2D eigenvalue weighted by molar-refractivity contribution is -0.129. The van der Waals surface area contributed by atoms with Gasteiger partial charge in [0.05, 0.1) is 28.8 Å². The number of benzene rings is 1. The number of rotatable bonds is 3. The highest BCUT2D eigenvalue weighted by molar-refractivity contribution is 7.10. The van der Waals surface area contributed by atoms with Crippen molar-refractivity contribution in [2.45, 2.75) is 6.92 Å². The maximum absolute atomic E-state index is 11.9. The fourth-order valence-corrected chi connectivity index (χ4v) is 2.65. The van der Waals surface area contributed by atoms with Crippen LogP contribution in [-0.2, 0) is 9.53 Å². The highest BCUT2D eigenvalue weighted by atomic mass is 32.1. The van der Waals surface area contributed by atoms with Crippen molar-refractivity contribution in [3.05, 3.63) is 51.6 Å². The number of hydrogen-bond acceptors (Lipinski definition) is 6. The summed E-state index contributed by atoms with van der Waals surface area (Å²) in [5, 5.41) is 0. The summed E-state index contributed by atoms with van der Waals surface area (Å²) in [5.74, 6) is 0.397. The van der Waals surface area contributed by atoms with E-state index in [1.54, 1.807) is 30.8 Å². The molecule has 21 heavy (non-hydrogen) atoms. The van der Waals surface area contributed by atoms with Gasteiger partial charge in [-0.15, -0.1) is 11.3 Å². The van der Waals surface area contributed by atoms with E-state index in [2.05, 4.69) is 9.98 Å². The van der Waals surface area contributed by atoms with E-state index in [1.807, 2.05) is 19.1 Å². The fourth-order valence-electron chi connectivity index (χ4n) is 1.92. The molecule has 0 spiro atoms. The molecule has 0 amide bonds. The number of cyclic esters (lactones) is 1. The average molecular weight is 300 g/mol. The van der Waals surface area contributed by atoms with Crippen LogP contribution in [0.4, 0.5) is 0 Å². The van der Waals surface area contributed by atoms with Crippen molar-refractivity contribution in [1.29, 1.82) is 0 Å². The first kappa shape index (κ1) is 13.5. The van der Waals surface area contributed by atoms with Gasteiger partial charge in [-0.25, -0.2) is 14.8 Å². The topological polar surface area (TPSA) is 60.8 Å². The minimum absolute atomic E-state index is 0.255. The molecule has 0 N–H and O–H groups in total. The number of hydrogen-bond donors (Lipinski definition) is 0. The normalized spacial score (nSPS) is 16.0. The van der Waals surface area contributed by atoms with Crippen LogP contribution in [0, 0.1) is 6.92 Å². The van der Waals surface area contributed by atoms with Gasteiger partial charge in [-0.2, -0.15) is 0 Å². The summed E-state index contributed by atoms with van der Waals surface area (Å²) in [7, 11) is 1.56. The number of nitrogens with zero attached hydrogens (tertiary/aromatic N) is 2. The molecule has 0 fully saturated rings. The van der Waals surface area contributed by atoms with Crippen LogP contribution in [0.1, 0.15) is 16.1 Å². The van der Waals surface area contributed by atoms with Crippen LogP contribution >= 0.6 is 11.3 Å². The zero-order chi connectivity index (χ0) is 14.8. The average Bonchev–Trinajstić information content (AvgIpc) is 3.06. The standard InChI is InChI=1S/C15H12N2O3S/c1-9-13(21-8-16-9)7-11-15(18)20-14(17-11)10-5-3-4-6-12(10)19-2/h3-8H,1-2H3/b11-7+. The van der Waals surface area contributed by atoms with Crippen molar-refractivity contribution in [2.75, 3.05) is 7.11 Å². The molecule has 0 bridgehead atoms. The van der Waals surface area contributed by atoms with Gasteiger partial charge in [0.15, 0.2) is 5.70 Å². The summed E-state index contributed by atoms with van der Waals surface area (Å²) in [6, 6.07) is 7.27. The number of aliphatic imine (C=N–C) groups is 1. The molecular formula is C15H12N2O3S. The molecule has 6 heteroatoms. The van der Waals surface area contributed by atoms with Gasteiger partial charge in [0.25, 0.3) is 0 Å². The van der Waals surface area contributed by atoms with E-state index >= 15 is 0 Å². The molecule has 2 heterocycles. The van der Waals surface area contributed by atoms with Gasteiger partial charge in [-0.1, -0.05) is 12.1 Å². The van der Waals surface area contributed by atoms with Crippen LogP contribution in [0.5, 0.6) is 5.75 Å². The number of thiazole rings is 1. The molecular weight excluding hydrogens is 288 g/mol. The Morgan fingerprint density at radius 1 is 1.33 bits per heavy atom. The lowest BCUT2D eigenvalue weighted by Crippen LogP contribution is -2.06. The zero-order valence-electron chi connectivity index (χ0n) is 11.5. The zero-order valence-corrected chi connectivity index (χ0v) is 12.3. The third kappa shape index (κ3) is 2.57. The Morgan fingerprint density at radius 3 is 2.86 bits per heavy atom. The molecule has 0 unspecified atom stereocenters. The number of carbonyl (C=O) groups excluding carboxylic acids is 1. The predicted octanol–water partition coefficient (Wildman–Crippen LogP) is 2.80. The molecule has 1 aromatic heterocycles. The lowest BCUT2D eigenvalue weighted by Gasteiger charge is -2.05. The van der Waals surface area contributed by atoms with E-state index in [4.69, 9.17) is 9.47 Å². The second-order valence-corrected chi connectivity index (χ2v) is 5.22. The number of para-hydroxylation sites is 1. The lowest BCUT2D eigenvalue weighted by atomic mass is 10.2. The van der Waals surface area contributed by atoms with Crippen LogP contribution in [0.3, 0.4) is 0 Å². The summed E-state index contributed by atoms with van der Waals surface area (Å²) >= 11 is 1.45. The first-order valence-corrected chi connectivity index (χ1v) is 7.13. The molecule has 0 radical (unpaired) electrons. The van der Waals surface area contributed by atoms with Gasteiger partial charge in [-0.3, -0.25) is 0 Å². The summed E-state index contributed by atoms with van der Waals surface area (Å²) in [4.78, 5) is 21.2. The number of methoxy groups -OCH3 is 1. The number of carbonyl (C=O) groups is 1. The monoisotopic (exact) mass is 300 g/mol. The minimum Gasteiger partial charge on any atom is -0.496 e. The predicted molar refractivity (Wildman–Crippen MR) is 80.5 cm³/mol. The molecule has 3 rings (SSSR count). The SMILES string of the molecule is COc1ccccc1C1=N/C(=C/c2scnc2C)C(=O)O1. The van der Waals surface area contributed by atoms with Crippen LogP contribution in [0.2, 0.25) is 0 Å². The maximum Gasteiger partial charge on any atom is 0.363 e. The number of ether oxygens (including phenoxy) is 2. The molecule has 0 aliphatic carbocycles. The molecule has 0 atom stereocenters. The van der Waals surface area contributed by atoms with Crippen LogP contribution < -0.4 is 4.74 Å². The van der Waals surface area contributed by atoms with E-state index in [-0.39, 0.29) is 11.6 Å². The van der Waals surface area contributed by atoms with Crippen molar-refractivity contribution in [3.63, 3.8) is 0 Å². The van der Waals surface area contributed by atoms with Crippen molar-refractivity contribution in [3.8, 4) is 5.75 Å². The molecule has 0 saturated heterocycles. The number of aromatic nitrogens is 1. The van der Waals surface area contributed by atoms with Gasteiger partial charge in [-0.05, 0) is 25.1 Å². The van der Waals surface area contributed by atoms with E-state index in [0.717, 1.165) is 10.6 Å². The summed E-state index contributed by atoms with van der Waals surface area (Å²) in [6.45, 7) is 1.88.